The van der Waals surface area contributed by atoms with Crippen LogP contribution in [0.25, 0.3) is 10.1 Å². The molecule has 0 saturated carbocycles. The summed E-state index contributed by atoms with van der Waals surface area (Å²) in [5.41, 5.74) is 0.662. The van der Waals surface area contributed by atoms with Gasteiger partial charge in [-0.3, -0.25) is 0 Å². The van der Waals surface area contributed by atoms with Crippen molar-refractivity contribution in [2.45, 2.75) is 0 Å². The van der Waals surface area contributed by atoms with E-state index in [2.05, 4.69) is 0 Å². The highest BCUT2D eigenvalue weighted by Gasteiger charge is 2.32. The molecule has 1 N–H and O–H groups in total. The van der Waals surface area contributed by atoms with E-state index < -0.39 is 17.9 Å². The Bertz CT molecular complexity index is 930. The normalized spacial score (nSPS) is 14.5. The van der Waals surface area contributed by atoms with Crippen molar-refractivity contribution >= 4 is 45.0 Å². The summed E-state index contributed by atoms with van der Waals surface area (Å²) in [4.78, 5) is 37.1. The number of rotatable bonds is 4. The zero-order chi connectivity index (χ0) is 18.8. The molecular formula is C17H15NO7S. The second-order valence-corrected chi connectivity index (χ2v) is 6.44. The van der Waals surface area contributed by atoms with E-state index in [9.17, 15) is 14.4 Å². The summed E-state index contributed by atoms with van der Waals surface area (Å²) in [5.74, 6) is -2.37. The minimum absolute atomic E-state index is 0.0341. The fourth-order valence-electron chi connectivity index (χ4n) is 2.65. The Morgan fingerprint density at radius 2 is 1.88 bits per heavy atom. The topological polar surface area (TPSA) is 102 Å². The van der Waals surface area contributed by atoms with Crippen LogP contribution in [0.1, 0.15) is 9.67 Å². The van der Waals surface area contributed by atoms with E-state index in [4.69, 9.17) is 19.3 Å². The molecule has 8 nitrogen and oxygen atoms in total. The molecule has 0 saturated heterocycles. The molecule has 2 aromatic rings. The first kappa shape index (κ1) is 17.9. The number of methoxy groups -OCH3 is 2. The molecule has 0 atom stereocenters. The van der Waals surface area contributed by atoms with Gasteiger partial charge < -0.3 is 24.2 Å². The van der Waals surface area contributed by atoms with Crippen LogP contribution >= 0.6 is 11.3 Å². The van der Waals surface area contributed by atoms with Crippen molar-refractivity contribution in [3.8, 4) is 0 Å². The summed E-state index contributed by atoms with van der Waals surface area (Å²) in [6.07, 6.45) is 0. The van der Waals surface area contributed by atoms with Crippen LogP contribution in [0.3, 0.4) is 0 Å². The minimum atomic E-state index is -1.00. The van der Waals surface area contributed by atoms with E-state index in [1.54, 1.807) is 24.3 Å². The van der Waals surface area contributed by atoms with Crippen LogP contribution in [-0.2, 0) is 23.8 Å². The van der Waals surface area contributed by atoms with Gasteiger partial charge in [0.05, 0.1) is 26.4 Å². The number of benzene rings is 1. The standard InChI is InChI=1S/C17H15NO7S/c1-23-16(21)11-7-25-8-18(14(11)17(22)24-2)10-3-4-12-9(5-10)6-13(26-12)15(19)20/h3-6H,7-8H2,1-2H3,(H,19,20). The predicted molar refractivity (Wildman–Crippen MR) is 93.1 cm³/mol. The molecule has 1 aromatic carbocycles. The monoisotopic (exact) mass is 377 g/mol. The lowest BCUT2D eigenvalue weighted by molar-refractivity contribution is -0.140. The Kier molecular flexibility index (Phi) is 4.92. The lowest BCUT2D eigenvalue weighted by Crippen LogP contribution is -2.38. The van der Waals surface area contributed by atoms with Gasteiger partial charge in [-0.15, -0.1) is 11.3 Å². The van der Waals surface area contributed by atoms with Crippen molar-refractivity contribution in [2.24, 2.45) is 0 Å². The summed E-state index contributed by atoms with van der Waals surface area (Å²) in [6.45, 7) is -0.0379. The van der Waals surface area contributed by atoms with Gasteiger partial charge in [-0.2, -0.15) is 0 Å². The van der Waals surface area contributed by atoms with Gasteiger partial charge in [-0.25, -0.2) is 14.4 Å². The highest BCUT2D eigenvalue weighted by Crippen LogP contribution is 2.32. The van der Waals surface area contributed by atoms with Crippen LogP contribution in [0.4, 0.5) is 5.69 Å². The maximum atomic E-state index is 12.3. The van der Waals surface area contributed by atoms with Crippen molar-refractivity contribution in [1.82, 2.24) is 0 Å². The molecule has 1 aliphatic heterocycles. The smallest absolute Gasteiger partial charge is 0.355 e. The molecule has 9 heteroatoms. The summed E-state index contributed by atoms with van der Waals surface area (Å²) in [7, 11) is 2.44. The van der Waals surface area contributed by atoms with E-state index in [1.807, 2.05) is 0 Å². The maximum Gasteiger partial charge on any atom is 0.355 e. The summed E-state index contributed by atoms with van der Waals surface area (Å²) in [5, 5.41) is 9.84. The molecule has 0 bridgehead atoms. The minimum Gasteiger partial charge on any atom is -0.477 e. The zero-order valence-corrected chi connectivity index (χ0v) is 14.8. The third-order valence-electron chi connectivity index (χ3n) is 3.86. The predicted octanol–water partition coefficient (Wildman–Crippen LogP) is 1.99. The molecule has 2 heterocycles. The number of hydrogen-bond donors (Lipinski definition) is 1. The van der Waals surface area contributed by atoms with Crippen molar-refractivity contribution in [3.05, 3.63) is 40.4 Å². The van der Waals surface area contributed by atoms with Gasteiger partial charge in [0, 0.05) is 10.4 Å². The largest absolute Gasteiger partial charge is 0.477 e. The first-order valence-electron chi connectivity index (χ1n) is 7.48. The molecule has 0 fully saturated rings. The van der Waals surface area contributed by atoms with Crippen molar-refractivity contribution in [1.29, 1.82) is 0 Å². The number of carboxylic acids is 1. The third-order valence-corrected chi connectivity index (χ3v) is 4.96. The number of anilines is 1. The number of carboxylic acid groups (broad SMARTS) is 1. The fourth-order valence-corrected chi connectivity index (χ4v) is 3.53. The van der Waals surface area contributed by atoms with Crippen molar-refractivity contribution in [2.75, 3.05) is 32.5 Å². The van der Waals surface area contributed by atoms with Crippen molar-refractivity contribution in [3.63, 3.8) is 0 Å². The van der Waals surface area contributed by atoms with Gasteiger partial charge in [0.15, 0.2) is 0 Å². The average Bonchev–Trinajstić information content (AvgIpc) is 3.09. The van der Waals surface area contributed by atoms with Crippen LogP contribution in [0, 0.1) is 0 Å². The van der Waals surface area contributed by atoms with Crippen LogP contribution in [0.15, 0.2) is 35.5 Å². The maximum absolute atomic E-state index is 12.3. The Morgan fingerprint density at radius 1 is 1.15 bits per heavy atom. The van der Waals surface area contributed by atoms with E-state index in [0.29, 0.717) is 11.1 Å². The Labute approximate surface area is 152 Å². The molecular weight excluding hydrogens is 362 g/mol. The van der Waals surface area contributed by atoms with Crippen LogP contribution < -0.4 is 4.90 Å². The SMILES string of the molecule is COC(=O)C1=C(C(=O)OC)N(c2ccc3sc(C(=O)O)cc3c2)COC1. The lowest BCUT2D eigenvalue weighted by Gasteiger charge is -2.31. The van der Waals surface area contributed by atoms with Gasteiger partial charge in [-0.1, -0.05) is 0 Å². The van der Waals surface area contributed by atoms with Crippen LogP contribution in [0.2, 0.25) is 0 Å². The number of esters is 2. The van der Waals surface area contributed by atoms with Gasteiger partial charge in [0.25, 0.3) is 0 Å². The third kappa shape index (κ3) is 3.14. The number of aromatic carboxylic acids is 1. The molecule has 3 rings (SSSR count). The van der Waals surface area contributed by atoms with Gasteiger partial charge in [0.1, 0.15) is 17.3 Å². The number of hydrogen-bond acceptors (Lipinski definition) is 8. The second kappa shape index (κ2) is 7.14. The molecule has 0 unspecified atom stereocenters. The van der Waals surface area contributed by atoms with Crippen LogP contribution in [-0.4, -0.2) is 50.6 Å². The average molecular weight is 377 g/mol. The molecule has 0 spiro atoms. The summed E-state index contributed by atoms with van der Waals surface area (Å²) < 4.78 is 15.7. The number of nitrogens with zero attached hydrogens (tertiary/aromatic N) is 1. The fraction of sp³-hybridized carbons (Fsp3) is 0.235. The highest BCUT2D eigenvalue weighted by molar-refractivity contribution is 7.20. The van der Waals surface area contributed by atoms with E-state index in [-0.39, 0.29) is 29.5 Å². The Hall–Kier alpha value is -2.91. The number of carbonyl (C=O) groups excluding carboxylic acids is 2. The van der Waals surface area contributed by atoms with E-state index in [1.165, 1.54) is 19.1 Å². The highest BCUT2D eigenvalue weighted by atomic mass is 32.1. The molecule has 0 amide bonds. The first-order valence-corrected chi connectivity index (χ1v) is 8.30. The Morgan fingerprint density at radius 3 is 2.54 bits per heavy atom. The number of thiophene rings is 1. The summed E-state index contributed by atoms with van der Waals surface area (Å²) >= 11 is 1.15. The lowest BCUT2D eigenvalue weighted by atomic mass is 10.1. The van der Waals surface area contributed by atoms with Gasteiger partial charge in [-0.05, 0) is 29.7 Å². The first-order chi connectivity index (χ1) is 12.5. The number of ether oxygens (including phenoxy) is 3. The van der Waals surface area contributed by atoms with Gasteiger partial charge in [0.2, 0.25) is 0 Å². The quantitative estimate of drug-likeness (QED) is 0.807. The number of carbonyl (C=O) groups is 3. The molecule has 1 aromatic heterocycles. The zero-order valence-electron chi connectivity index (χ0n) is 14.0. The molecule has 136 valence electrons. The Balaban J connectivity index is 2.10. The van der Waals surface area contributed by atoms with E-state index >= 15 is 0 Å². The number of fused-ring (bicyclic) bond motifs is 1. The van der Waals surface area contributed by atoms with Crippen molar-refractivity contribution < 1.29 is 33.7 Å². The van der Waals surface area contributed by atoms with Crippen LogP contribution in [0.5, 0.6) is 0 Å². The van der Waals surface area contributed by atoms with Gasteiger partial charge >= 0.3 is 17.9 Å². The molecule has 0 aliphatic carbocycles. The molecule has 26 heavy (non-hydrogen) atoms. The summed E-state index contributed by atoms with van der Waals surface area (Å²) in [6, 6.07) is 6.75. The van der Waals surface area contributed by atoms with E-state index in [0.717, 1.165) is 16.0 Å². The second-order valence-electron chi connectivity index (χ2n) is 5.35. The molecule has 1 aliphatic rings. The molecule has 0 radical (unpaired) electrons.